The Morgan fingerprint density at radius 2 is 2.00 bits per heavy atom. The largest absolute Gasteiger partial charge is 0.494 e. The van der Waals surface area contributed by atoms with E-state index in [0.29, 0.717) is 5.25 Å². The molecule has 26 heavy (non-hydrogen) atoms. The van der Waals surface area contributed by atoms with Crippen molar-refractivity contribution in [2.45, 2.75) is 42.6 Å². The van der Waals surface area contributed by atoms with Crippen LogP contribution in [0.1, 0.15) is 37.9 Å². The number of aromatic nitrogens is 1. The lowest BCUT2D eigenvalue weighted by Crippen LogP contribution is -2.23. The Bertz CT molecular complexity index is 716. The average molecular weight is 371 g/mol. The van der Waals surface area contributed by atoms with Crippen LogP contribution in [0.15, 0.2) is 47.6 Å². The molecule has 1 aromatic heterocycles. The van der Waals surface area contributed by atoms with Gasteiger partial charge in [-0.05, 0) is 69.1 Å². The molecule has 0 N–H and O–H groups in total. The monoisotopic (exact) mass is 370 g/mol. The normalized spacial score (nSPS) is 22.7. The summed E-state index contributed by atoms with van der Waals surface area (Å²) < 4.78 is 12.1. The van der Waals surface area contributed by atoms with E-state index in [1.165, 1.54) is 31.5 Å². The summed E-state index contributed by atoms with van der Waals surface area (Å²) in [7, 11) is 0. The highest BCUT2D eigenvalue weighted by Gasteiger charge is 2.29. The van der Waals surface area contributed by atoms with Crippen molar-refractivity contribution in [1.29, 1.82) is 0 Å². The minimum atomic E-state index is 0.0425. The summed E-state index contributed by atoms with van der Waals surface area (Å²) in [5.74, 6) is 1.82. The van der Waals surface area contributed by atoms with Gasteiger partial charge in [-0.1, -0.05) is 23.9 Å². The third-order valence-corrected chi connectivity index (χ3v) is 6.16. The van der Waals surface area contributed by atoms with Crippen molar-refractivity contribution in [3.05, 3.63) is 48.2 Å². The number of rotatable bonds is 6. The van der Waals surface area contributed by atoms with Crippen molar-refractivity contribution < 1.29 is 9.47 Å². The van der Waals surface area contributed by atoms with Crippen LogP contribution in [0.3, 0.4) is 0 Å². The molecule has 0 aliphatic carbocycles. The second-order valence-electron chi connectivity index (χ2n) is 6.99. The van der Waals surface area contributed by atoms with Crippen molar-refractivity contribution in [3.8, 4) is 11.5 Å². The van der Waals surface area contributed by atoms with Gasteiger partial charge in [-0.25, -0.2) is 4.98 Å². The van der Waals surface area contributed by atoms with Gasteiger partial charge in [0.25, 0.3) is 0 Å². The van der Waals surface area contributed by atoms with Gasteiger partial charge in [0.05, 0.1) is 6.61 Å². The summed E-state index contributed by atoms with van der Waals surface area (Å²) in [4.78, 5) is 6.92. The van der Waals surface area contributed by atoms with Gasteiger partial charge in [0.15, 0.2) is 5.75 Å². The maximum Gasteiger partial charge on any atom is 0.152 e. The van der Waals surface area contributed by atoms with Crippen LogP contribution in [0.25, 0.3) is 0 Å². The van der Waals surface area contributed by atoms with E-state index < -0.39 is 0 Å². The summed E-state index contributed by atoms with van der Waals surface area (Å²) in [6.07, 6.45) is 5.65. The van der Waals surface area contributed by atoms with E-state index in [1.54, 1.807) is 11.8 Å². The summed E-state index contributed by atoms with van der Waals surface area (Å²) in [5, 5.41) is 1.30. The first-order valence-electron chi connectivity index (χ1n) is 9.53. The molecule has 2 aromatic rings. The van der Waals surface area contributed by atoms with E-state index in [1.807, 2.05) is 18.3 Å². The number of thioether (sulfide) groups is 1. The zero-order chi connectivity index (χ0) is 17.8. The van der Waals surface area contributed by atoms with Crippen molar-refractivity contribution >= 4 is 11.8 Å². The van der Waals surface area contributed by atoms with Crippen LogP contribution in [0.4, 0.5) is 0 Å². The van der Waals surface area contributed by atoms with Crippen molar-refractivity contribution in [1.82, 2.24) is 9.88 Å². The van der Waals surface area contributed by atoms with Crippen LogP contribution in [-0.4, -0.2) is 41.4 Å². The SMILES string of the molecule is C[C@H]1Sc2ncccc2O[C@@H]1c1ccc(OCCCN2CCCC2)cc1. The molecule has 138 valence electrons. The second-order valence-corrected chi connectivity index (χ2v) is 8.35. The summed E-state index contributed by atoms with van der Waals surface area (Å²) >= 11 is 1.78. The summed E-state index contributed by atoms with van der Waals surface area (Å²) in [6.45, 7) is 6.63. The van der Waals surface area contributed by atoms with E-state index in [-0.39, 0.29) is 6.10 Å². The minimum absolute atomic E-state index is 0.0425. The first-order chi connectivity index (χ1) is 12.8. The van der Waals surface area contributed by atoms with Gasteiger partial charge in [-0.15, -0.1) is 0 Å². The molecule has 1 fully saturated rings. The third-order valence-electron chi connectivity index (χ3n) is 5.01. The third kappa shape index (κ3) is 4.15. The number of hydrogen-bond acceptors (Lipinski definition) is 5. The van der Waals surface area contributed by atoms with E-state index in [0.717, 1.165) is 36.1 Å². The molecular formula is C21H26N2O2S. The van der Waals surface area contributed by atoms with Crippen LogP contribution in [-0.2, 0) is 0 Å². The maximum absolute atomic E-state index is 6.20. The number of nitrogens with zero attached hydrogens (tertiary/aromatic N) is 2. The van der Waals surface area contributed by atoms with Gasteiger partial charge in [0, 0.05) is 18.0 Å². The molecule has 0 radical (unpaired) electrons. The lowest BCUT2D eigenvalue weighted by molar-refractivity contribution is 0.193. The molecule has 0 spiro atoms. The quantitative estimate of drug-likeness (QED) is 0.697. The number of likely N-dealkylation sites (tertiary alicyclic amines) is 1. The fraction of sp³-hybridized carbons (Fsp3) is 0.476. The average Bonchev–Trinajstić information content (AvgIpc) is 3.19. The fourth-order valence-electron chi connectivity index (χ4n) is 3.60. The Labute approximate surface area is 159 Å². The topological polar surface area (TPSA) is 34.6 Å². The zero-order valence-electron chi connectivity index (χ0n) is 15.3. The predicted molar refractivity (Wildman–Crippen MR) is 105 cm³/mol. The van der Waals surface area contributed by atoms with Gasteiger partial charge in [-0.2, -0.15) is 0 Å². The van der Waals surface area contributed by atoms with Crippen LogP contribution >= 0.6 is 11.8 Å². The van der Waals surface area contributed by atoms with Crippen LogP contribution in [0, 0.1) is 0 Å². The molecule has 2 atom stereocenters. The Morgan fingerprint density at radius 1 is 1.19 bits per heavy atom. The molecule has 0 bridgehead atoms. The number of pyridine rings is 1. The Morgan fingerprint density at radius 3 is 2.81 bits per heavy atom. The molecule has 4 rings (SSSR count). The molecule has 2 aliphatic heterocycles. The van der Waals surface area contributed by atoms with Crippen LogP contribution in [0.2, 0.25) is 0 Å². The van der Waals surface area contributed by atoms with Gasteiger partial charge in [0.1, 0.15) is 16.9 Å². The number of fused-ring (bicyclic) bond motifs is 1. The molecule has 3 heterocycles. The second kappa shape index (κ2) is 8.31. The summed E-state index contributed by atoms with van der Waals surface area (Å²) in [5.41, 5.74) is 1.18. The van der Waals surface area contributed by atoms with Gasteiger partial charge >= 0.3 is 0 Å². The molecule has 2 aliphatic rings. The van der Waals surface area contributed by atoms with Crippen LogP contribution < -0.4 is 9.47 Å². The maximum atomic E-state index is 6.20. The number of ether oxygens (including phenoxy) is 2. The Kier molecular flexibility index (Phi) is 5.65. The van der Waals surface area contributed by atoms with Crippen molar-refractivity contribution in [2.24, 2.45) is 0 Å². The Balaban J connectivity index is 1.31. The van der Waals surface area contributed by atoms with Crippen molar-refractivity contribution in [3.63, 3.8) is 0 Å². The fourth-order valence-corrected chi connectivity index (χ4v) is 4.64. The Hall–Kier alpha value is -1.72. The highest BCUT2D eigenvalue weighted by molar-refractivity contribution is 8.00. The summed E-state index contributed by atoms with van der Waals surface area (Å²) in [6, 6.07) is 12.3. The predicted octanol–water partition coefficient (Wildman–Crippen LogP) is 4.56. The standard InChI is InChI=1S/C21H26N2O2S/c1-16-20(25-19-6-4-11-22-21(19)26-16)17-7-9-18(10-8-17)24-15-5-14-23-12-2-3-13-23/h4,6-11,16,20H,2-3,5,12-15H2,1H3/t16-,20+/m1/s1. The van der Waals surface area contributed by atoms with Gasteiger partial charge < -0.3 is 14.4 Å². The zero-order valence-corrected chi connectivity index (χ0v) is 16.1. The van der Waals surface area contributed by atoms with E-state index in [2.05, 4.69) is 41.1 Å². The van der Waals surface area contributed by atoms with E-state index >= 15 is 0 Å². The molecule has 1 saturated heterocycles. The first-order valence-corrected chi connectivity index (χ1v) is 10.4. The van der Waals surface area contributed by atoms with E-state index in [4.69, 9.17) is 9.47 Å². The number of hydrogen-bond donors (Lipinski definition) is 0. The van der Waals surface area contributed by atoms with Gasteiger partial charge in [0.2, 0.25) is 0 Å². The molecular weight excluding hydrogens is 344 g/mol. The molecule has 0 saturated carbocycles. The highest BCUT2D eigenvalue weighted by Crippen LogP contribution is 2.43. The molecule has 0 unspecified atom stereocenters. The highest BCUT2D eigenvalue weighted by atomic mass is 32.2. The molecule has 5 heteroatoms. The molecule has 1 aromatic carbocycles. The first kappa shape index (κ1) is 17.7. The lowest BCUT2D eigenvalue weighted by Gasteiger charge is -2.30. The lowest BCUT2D eigenvalue weighted by atomic mass is 10.1. The van der Waals surface area contributed by atoms with Crippen molar-refractivity contribution in [2.75, 3.05) is 26.2 Å². The minimum Gasteiger partial charge on any atom is -0.494 e. The number of benzene rings is 1. The van der Waals surface area contributed by atoms with Crippen LogP contribution in [0.5, 0.6) is 11.5 Å². The molecule has 0 amide bonds. The van der Waals surface area contributed by atoms with Gasteiger partial charge in [-0.3, -0.25) is 0 Å². The molecule has 4 nitrogen and oxygen atoms in total. The smallest absolute Gasteiger partial charge is 0.152 e. The van der Waals surface area contributed by atoms with E-state index in [9.17, 15) is 0 Å².